The molecule has 7 heteroatoms. The third-order valence-electron chi connectivity index (χ3n) is 3.54. The second-order valence-electron chi connectivity index (χ2n) is 6.04. The summed E-state index contributed by atoms with van der Waals surface area (Å²) in [5, 5.41) is 11.3. The number of hydrogen-bond donors (Lipinski definition) is 0. The fraction of sp³-hybridized carbons (Fsp3) is 0.588. The highest BCUT2D eigenvalue weighted by Crippen LogP contribution is 2.31. The number of hydrogen-bond acceptors (Lipinski definition) is 5. The molecule has 0 radical (unpaired) electrons. The molecule has 1 rings (SSSR count). The first kappa shape index (κ1) is 20.4. The lowest BCUT2D eigenvalue weighted by Crippen LogP contribution is -2.28. The third-order valence-corrected chi connectivity index (χ3v) is 4.64. The van der Waals surface area contributed by atoms with E-state index in [-0.39, 0.29) is 11.6 Å². The van der Waals surface area contributed by atoms with Gasteiger partial charge in [-0.1, -0.05) is 13.8 Å². The number of benzene rings is 1. The van der Waals surface area contributed by atoms with Crippen LogP contribution in [0.5, 0.6) is 0 Å². The number of carbonyl (C=O) groups is 1. The van der Waals surface area contributed by atoms with Crippen molar-refractivity contribution in [2.75, 3.05) is 33.1 Å². The van der Waals surface area contributed by atoms with Crippen LogP contribution in [-0.4, -0.2) is 48.8 Å². The molecule has 1 aromatic carbocycles. The van der Waals surface area contributed by atoms with Crippen LogP contribution in [0.1, 0.15) is 37.0 Å². The predicted molar refractivity (Wildman–Crippen MR) is 96.7 cm³/mol. The van der Waals surface area contributed by atoms with Crippen molar-refractivity contribution in [3.8, 4) is 0 Å². The molecule has 0 saturated heterocycles. The van der Waals surface area contributed by atoms with Gasteiger partial charge in [0.2, 0.25) is 0 Å². The molecule has 1 amide bonds. The molecule has 0 aliphatic heterocycles. The first-order valence-electron chi connectivity index (χ1n) is 8.02. The van der Waals surface area contributed by atoms with E-state index in [1.54, 1.807) is 31.2 Å². The molecule has 0 bridgehead atoms. The van der Waals surface area contributed by atoms with Crippen molar-refractivity contribution in [2.45, 2.75) is 31.6 Å². The van der Waals surface area contributed by atoms with Gasteiger partial charge in [-0.25, -0.2) is 0 Å². The van der Waals surface area contributed by atoms with Gasteiger partial charge < -0.3 is 9.64 Å². The van der Waals surface area contributed by atoms with Crippen LogP contribution in [0.2, 0.25) is 0 Å². The Morgan fingerprint density at radius 2 is 2.12 bits per heavy atom. The summed E-state index contributed by atoms with van der Waals surface area (Å²) in [6.07, 6.45) is 1.72. The smallest absolute Gasteiger partial charge is 0.283 e. The fourth-order valence-electron chi connectivity index (χ4n) is 2.09. The van der Waals surface area contributed by atoms with E-state index < -0.39 is 4.92 Å². The number of carbonyl (C=O) groups excluding carboxylic acids is 1. The Morgan fingerprint density at radius 1 is 1.42 bits per heavy atom. The van der Waals surface area contributed by atoms with Gasteiger partial charge in [0, 0.05) is 38.9 Å². The second-order valence-corrected chi connectivity index (χ2v) is 7.18. The molecule has 1 aromatic rings. The number of nitro benzene ring substituents is 1. The maximum atomic E-state index is 12.4. The lowest BCUT2D eigenvalue weighted by Gasteiger charge is -2.17. The summed E-state index contributed by atoms with van der Waals surface area (Å²) < 4.78 is 4.97. The van der Waals surface area contributed by atoms with Crippen molar-refractivity contribution in [3.05, 3.63) is 33.9 Å². The summed E-state index contributed by atoms with van der Waals surface area (Å²) in [7, 11) is 3.30. The van der Waals surface area contributed by atoms with Gasteiger partial charge in [0.25, 0.3) is 11.6 Å². The van der Waals surface area contributed by atoms with Gasteiger partial charge in [0.15, 0.2) is 0 Å². The average molecular weight is 354 g/mol. The molecule has 0 aliphatic rings. The normalized spacial score (nSPS) is 10.9. The Bertz CT molecular complexity index is 564. The number of nitrogens with zero attached hydrogens (tertiary/aromatic N) is 2. The van der Waals surface area contributed by atoms with Gasteiger partial charge in [-0.2, -0.15) is 0 Å². The number of methoxy groups -OCH3 is 1. The monoisotopic (exact) mass is 354 g/mol. The van der Waals surface area contributed by atoms with Crippen LogP contribution in [0.15, 0.2) is 23.1 Å². The molecule has 0 unspecified atom stereocenters. The molecule has 0 saturated carbocycles. The first-order chi connectivity index (χ1) is 11.4. The molecular weight excluding hydrogens is 328 g/mol. The van der Waals surface area contributed by atoms with E-state index >= 15 is 0 Å². The molecule has 0 fully saturated rings. The molecule has 0 spiro atoms. The minimum atomic E-state index is -0.417. The van der Waals surface area contributed by atoms with E-state index in [9.17, 15) is 14.9 Å². The van der Waals surface area contributed by atoms with E-state index in [1.807, 2.05) is 0 Å². The highest BCUT2D eigenvalue weighted by atomic mass is 32.2. The van der Waals surface area contributed by atoms with Crippen LogP contribution in [0.4, 0.5) is 5.69 Å². The molecule has 24 heavy (non-hydrogen) atoms. The van der Waals surface area contributed by atoms with E-state index in [0.29, 0.717) is 29.5 Å². The summed E-state index contributed by atoms with van der Waals surface area (Å²) in [5.74, 6) is 1.16. The Kier molecular flexibility index (Phi) is 8.78. The number of ether oxygens (including phenoxy) is 1. The number of thioether (sulfide) groups is 1. The number of rotatable bonds is 10. The average Bonchev–Trinajstić information content (AvgIpc) is 2.54. The zero-order valence-electron chi connectivity index (χ0n) is 14.8. The maximum Gasteiger partial charge on any atom is 0.283 e. The SMILES string of the molecule is COCCCN(C)C(=O)c1ccc(SCCC(C)C)c([N+](=O)[O-])c1. The minimum Gasteiger partial charge on any atom is -0.385 e. The minimum absolute atomic E-state index is 0.0000948. The van der Waals surface area contributed by atoms with Crippen LogP contribution < -0.4 is 0 Å². The van der Waals surface area contributed by atoms with Crippen molar-refractivity contribution in [2.24, 2.45) is 5.92 Å². The first-order valence-corrected chi connectivity index (χ1v) is 9.01. The van der Waals surface area contributed by atoms with Crippen molar-refractivity contribution < 1.29 is 14.5 Å². The lowest BCUT2D eigenvalue weighted by molar-refractivity contribution is -0.387. The summed E-state index contributed by atoms with van der Waals surface area (Å²) in [4.78, 5) is 25.5. The highest BCUT2D eigenvalue weighted by molar-refractivity contribution is 7.99. The van der Waals surface area contributed by atoms with Crippen molar-refractivity contribution in [1.29, 1.82) is 0 Å². The van der Waals surface area contributed by atoms with Gasteiger partial charge in [0.1, 0.15) is 0 Å². The van der Waals surface area contributed by atoms with Gasteiger partial charge in [0.05, 0.1) is 9.82 Å². The number of amides is 1. The van der Waals surface area contributed by atoms with Gasteiger partial charge in [-0.15, -0.1) is 11.8 Å². The molecule has 0 aromatic heterocycles. The highest BCUT2D eigenvalue weighted by Gasteiger charge is 2.19. The Balaban J connectivity index is 2.84. The predicted octanol–water partition coefficient (Wildman–Crippen LogP) is 3.84. The topological polar surface area (TPSA) is 72.7 Å². The Labute approximate surface area is 147 Å². The van der Waals surface area contributed by atoms with E-state index in [1.165, 1.54) is 17.8 Å². The van der Waals surface area contributed by atoms with Crippen molar-refractivity contribution in [1.82, 2.24) is 4.90 Å². The summed E-state index contributed by atoms with van der Waals surface area (Å²) in [5.41, 5.74) is 0.342. The summed E-state index contributed by atoms with van der Waals surface area (Å²) >= 11 is 1.47. The summed E-state index contributed by atoms with van der Waals surface area (Å²) in [6, 6.07) is 4.73. The van der Waals surface area contributed by atoms with Gasteiger partial charge >= 0.3 is 0 Å². The van der Waals surface area contributed by atoms with Gasteiger partial charge in [-0.05, 0) is 36.6 Å². The van der Waals surface area contributed by atoms with E-state index in [4.69, 9.17) is 4.74 Å². The molecule has 0 N–H and O–H groups in total. The maximum absolute atomic E-state index is 12.4. The molecular formula is C17H26N2O4S. The Morgan fingerprint density at radius 3 is 2.71 bits per heavy atom. The zero-order chi connectivity index (χ0) is 18.1. The number of nitro groups is 1. The standard InChI is InChI=1S/C17H26N2O4S/c1-13(2)8-11-24-16-7-6-14(12-15(16)19(21)22)17(20)18(3)9-5-10-23-4/h6-7,12-13H,5,8-11H2,1-4H3. The molecule has 6 nitrogen and oxygen atoms in total. The van der Waals surface area contributed by atoms with Crippen LogP contribution >= 0.6 is 11.8 Å². The molecule has 0 atom stereocenters. The fourth-order valence-corrected chi connectivity index (χ4v) is 3.34. The van der Waals surface area contributed by atoms with Crippen LogP contribution in [0.3, 0.4) is 0 Å². The molecule has 0 aliphatic carbocycles. The van der Waals surface area contributed by atoms with E-state index in [2.05, 4.69) is 13.8 Å². The van der Waals surface area contributed by atoms with Gasteiger partial charge in [-0.3, -0.25) is 14.9 Å². The van der Waals surface area contributed by atoms with Crippen molar-refractivity contribution >= 4 is 23.4 Å². The second kappa shape index (κ2) is 10.3. The quantitative estimate of drug-likeness (QED) is 0.276. The Hall–Kier alpha value is -1.60. The van der Waals surface area contributed by atoms with Crippen molar-refractivity contribution in [3.63, 3.8) is 0 Å². The van der Waals surface area contributed by atoms with E-state index in [0.717, 1.165) is 18.6 Å². The summed E-state index contributed by atoms with van der Waals surface area (Å²) in [6.45, 7) is 5.36. The van der Waals surface area contributed by atoms with Crippen LogP contribution in [0, 0.1) is 16.0 Å². The zero-order valence-corrected chi connectivity index (χ0v) is 15.6. The largest absolute Gasteiger partial charge is 0.385 e. The lowest BCUT2D eigenvalue weighted by atomic mass is 10.1. The molecule has 0 heterocycles. The van der Waals surface area contributed by atoms with Crippen LogP contribution in [-0.2, 0) is 4.74 Å². The van der Waals surface area contributed by atoms with Crippen LogP contribution in [0.25, 0.3) is 0 Å². The molecule has 134 valence electrons. The third kappa shape index (κ3) is 6.49.